The van der Waals surface area contributed by atoms with Gasteiger partial charge in [-0.15, -0.1) is 0 Å². The molecule has 3 rings (SSSR count). The fourth-order valence-corrected chi connectivity index (χ4v) is 3.44. The molecule has 2 aromatic carbocycles. The maximum Gasteiger partial charge on any atom is 0.226 e. The van der Waals surface area contributed by atoms with Gasteiger partial charge in [0.25, 0.3) is 0 Å². The number of anilines is 2. The lowest BCUT2D eigenvalue weighted by Crippen LogP contribution is -2.26. The zero-order chi connectivity index (χ0) is 18.0. The van der Waals surface area contributed by atoms with Crippen LogP contribution in [0.3, 0.4) is 0 Å². The second-order valence-electron chi connectivity index (χ2n) is 6.66. The molecule has 1 heterocycles. The molecule has 0 fully saturated rings. The number of nitrogens with zero attached hydrogens (tertiary/aromatic N) is 2. The van der Waals surface area contributed by atoms with E-state index in [9.17, 15) is 10.1 Å². The van der Waals surface area contributed by atoms with Crippen molar-refractivity contribution < 1.29 is 4.79 Å². The first-order valence-corrected chi connectivity index (χ1v) is 8.72. The lowest BCUT2D eigenvalue weighted by Gasteiger charge is -2.28. The van der Waals surface area contributed by atoms with Crippen molar-refractivity contribution >= 4 is 17.3 Å². The van der Waals surface area contributed by atoms with Crippen LogP contribution in [0.2, 0.25) is 0 Å². The van der Waals surface area contributed by atoms with E-state index in [0.29, 0.717) is 0 Å². The van der Waals surface area contributed by atoms with Gasteiger partial charge in [0.2, 0.25) is 5.91 Å². The molecule has 2 unspecified atom stereocenters. The molecule has 128 valence electrons. The van der Waals surface area contributed by atoms with Crippen molar-refractivity contribution in [2.75, 3.05) is 16.8 Å². The summed E-state index contributed by atoms with van der Waals surface area (Å²) in [5, 5.41) is 12.7. The van der Waals surface area contributed by atoms with Crippen LogP contribution in [0.4, 0.5) is 11.4 Å². The molecular formula is C21H23N3O. The summed E-state index contributed by atoms with van der Waals surface area (Å²) in [6, 6.07) is 18.5. The summed E-state index contributed by atoms with van der Waals surface area (Å²) in [6.45, 7) is 6.69. The van der Waals surface area contributed by atoms with Crippen LogP contribution >= 0.6 is 0 Å². The lowest BCUT2D eigenvalue weighted by atomic mass is 9.91. The number of nitrogens with one attached hydrogen (secondary N) is 1. The zero-order valence-corrected chi connectivity index (χ0v) is 14.9. The minimum atomic E-state index is -0.188. The molecule has 1 amide bonds. The van der Waals surface area contributed by atoms with E-state index in [1.54, 1.807) is 0 Å². The van der Waals surface area contributed by atoms with Gasteiger partial charge in [0, 0.05) is 23.8 Å². The second kappa shape index (κ2) is 6.98. The van der Waals surface area contributed by atoms with E-state index >= 15 is 0 Å². The van der Waals surface area contributed by atoms with E-state index in [0.717, 1.165) is 29.0 Å². The maximum absolute atomic E-state index is 11.8. The average Bonchev–Trinajstić information content (AvgIpc) is 2.95. The summed E-state index contributed by atoms with van der Waals surface area (Å²) in [5.41, 5.74) is 4.11. The second-order valence-corrected chi connectivity index (χ2v) is 6.66. The molecule has 0 aliphatic carbocycles. The van der Waals surface area contributed by atoms with Crippen LogP contribution in [0, 0.1) is 17.2 Å². The number of rotatable bonds is 4. The Morgan fingerprint density at radius 3 is 2.48 bits per heavy atom. The first-order valence-electron chi connectivity index (χ1n) is 8.72. The molecular weight excluding hydrogens is 310 g/mol. The quantitative estimate of drug-likeness (QED) is 0.898. The van der Waals surface area contributed by atoms with Gasteiger partial charge in [-0.3, -0.25) is 4.79 Å². The first kappa shape index (κ1) is 17.0. The highest BCUT2D eigenvalue weighted by Crippen LogP contribution is 2.48. The standard InChI is InChI=1S/C21H23N3O/c1-4-24-19-8-6-5-7-17(19)18(13-22)20(24)15-9-11-16(12-10-15)23-21(25)14(2)3/h5-12,14,18,20H,4H2,1-3H3,(H,23,25). The molecule has 0 radical (unpaired) electrons. The summed E-state index contributed by atoms with van der Waals surface area (Å²) in [7, 11) is 0. The van der Waals surface area contributed by atoms with E-state index in [1.807, 2.05) is 56.3 Å². The van der Waals surface area contributed by atoms with Crippen LogP contribution in [-0.2, 0) is 4.79 Å². The van der Waals surface area contributed by atoms with Gasteiger partial charge < -0.3 is 10.2 Å². The minimum Gasteiger partial charge on any atom is -0.363 e. The number of carbonyl (C=O) groups is 1. The maximum atomic E-state index is 11.8. The third kappa shape index (κ3) is 3.10. The van der Waals surface area contributed by atoms with Crippen molar-refractivity contribution in [2.45, 2.75) is 32.7 Å². The first-order chi connectivity index (χ1) is 12.1. The van der Waals surface area contributed by atoms with Gasteiger partial charge in [-0.2, -0.15) is 5.26 Å². The van der Waals surface area contributed by atoms with E-state index in [4.69, 9.17) is 0 Å². The Morgan fingerprint density at radius 2 is 1.88 bits per heavy atom. The van der Waals surface area contributed by atoms with Crippen LogP contribution in [0.5, 0.6) is 0 Å². The van der Waals surface area contributed by atoms with Crippen LogP contribution in [0.25, 0.3) is 0 Å². The topological polar surface area (TPSA) is 56.1 Å². The van der Waals surface area contributed by atoms with Gasteiger partial charge in [0.05, 0.1) is 18.0 Å². The van der Waals surface area contributed by atoms with Crippen molar-refractivity contribution in [1.82, 2.24) is 0 Å². The fraction of sp³-hybridized carbons (Fsp3) is 0.333. The van der Waals surface area contributed by atoms with E-state index < -0.39 is 0 Å². The van der Waals surface area contributed by atoms with Crippen molar-refractivity contribution in [3.05, 3.63) is 59.7 Å². The van der Waals surface area contributed by atoms with E-state index in [1.165, 1.54) is 0 Å². The molecule has 4 heteroatoms. The van der Waals surface area contributed by atoms with Crippen molar-refractivity contribution in [2.24, 2.45) is 5.92 Å². The molecule has 25 heavy (non-hydrogen) atoms. The van der Waals surface area contributed by atoms with Gasteiger partial charge in [-0.25, -0.2) is 0 Å². The summed E-state index contributed by atoms with van der Waals surface area (Å²) in [5.74, 6) is -0.235. The Labute approximate surface area is 149 Å². The molecule has 2 aromatic rings. The van der Waals surface area contributed by atoms with Gasteiger partial charge in [0.15, 0.2) is 0 Å². The van der Waals surface area contributed by atoms with Gasteiger partial charge in [-0.05, 0) is 36.2 Å². The monoisotopic (exact) mass is 333 g/mol. The molecule has 4 nitrogen and oxygen atoms in total. The zero-order valence-electron chi connectivity index (χ0n) is 14.9. The molecule has 1 N–H and O–H groups in total. The minimum absolute atomic E-state index is 0.00208. The highest BCUT2D eigenvalue weighted by molar-refractivity contribution is 5.92. The third-order valence-electron chi connectivity index (χ3n) is 4.76. The number of likely N-dealkylation sites (N-methyl/N-ethyl adjacent to an activating group) is 1. The summed E-state index contributed by atoms with van der Waals surface area (Å²) < 4.78 is 0. The van der Waals surface area contributed by atoms with Crippen molar-refractivity contribution in [1.29, 1.82) is 5.26 Å². The van der Waals surface area contributed by atoms with Crippen LogP contribution < -0.4 is 10.2 Å². The molecule has 1 aliphatic rings. The highest BCUT2D eigenvalue weighted by Gasteiger charge is 2.38. The van der Waals surface area contributed by atoms with Gasteiger partial charge in [0.1, 0.15) is 0 Å². The Hall–Kier alpha value is -2.80. The Balaban J connectivity index is 1.91. The summed E-state index contributed by atoms with van der Waals surface area (Å²) in [4.78, 5) is 14.1. The summed E-state index contributed by atoms with van der Waals surface area (Å²) in [6.07, 6.45) is 0. The van der Waals surface area contributed by atoms with Gasteiger partial charge >= 0.3 is 0 Å². The van der Waals surface area contributed by atoms with Crippen LogP contribution in [0.15, 0.2) is 48.5 Å². The molecule has 0 spiro atoms. The number of carbonyl (C=O) groups excluding carboxylic acids is 1. The number of nitriles is 1. The molecule has 2 atom stereocenters. The molecule has 0 bridgehead atoms. The third-order valence-corrected chi connectivity index (χ3v) is 4.76. The molecule has 0 saturated carbocycles. The van der Waals surface area contributed by atoms with E-state index in [-0.39, 0.29) is 23.8 Å². The fourth-order valence-electron chi connectivity index (χ4n) is 3.44. The van der Waals surface area contributed by atoms with E-state index in [2.05, 4.69) is 29.3 Å². The number of hydrogen-bond donors (Lipinski definition) is 1. The highest BCUT2D eigenvalue weighted by atomic mass is 16.1. The number of hydrogen-bond acceptors (Lipinski definition) is 3. The summed E-state index contributed by atoms with van der Waals surface area (Å²) >= 11 is 0. The lowest BCUT2D eigenvalue weighted by molar-refractivity contribution is -0.118. The van der Waals surface area contributed by atoms with Crippen LogP contribution in [0.1, 0.15) is 43.9 Å². The van der Waals surface area contributed by atoms with Crippen molar-refractivity contribution in [3.8, 4) is 6.07 Å². The average molecular weight is 333 g/mol. The number of amides is 1. The largest absolute Gasteiger partial charge is 0.363 e. The smallest absolute Gasteiger partial charge is 0.226 e. The Kier molecular flexibility index (Phi) is 4.76. The molecule has 0 saturated heterocycles. The predicted octanol–water partition coefficient (Wildman–Crippen LogP) is 4.47. The molecule has 0 aromatic heterocycles. The molecule has 1 aliphatic heterocycles. The number of benzene rings is 2. The van der Waals surface area contributed by atoms with Crippen LogP contribution in [-0.4, -0.2) is 12.5 Å². The Morgan fingerprint density at radius 1 is 1.20 bits per heavy atom. The van der Waals surface area contributed by atoms with Crippen molar-refractivity contribution in [3.63, 3.8) is 0 Å². The number of fused-ring (bicyclic) bond motifs is 1. The normalized spacial score (nSPS) is 18.8. The predicted molar refractivity (Wildman–Crippen MR) is 100 cm³/mol. The SMILES string of the molecule is CCN1c2ccccc2C(C#N)C1c1ccc(NC(=O)C(C)C)cc1. The van der Waals surface area contributed by atoms with Gasteiger partial charge in [-0.1, -0.05) is 44.2 Å². The number of para-hydroxylation sites is 1. The Bertz CT molecular complexity index is 805.